The fourth-order valence-corrected chi connectivity index (χ4v) is 2.72. The van der Waals surface area contributed by atoms with Crippen LogP contribution in [0.4, 0.5) is 0 Å². The highest BCUT2D eigenvalue weighted by atomic mass is 32.2. The lowest BCUT2D eigenvalue weighted by Gasteiger charge is -2.10. The molecule has 0 saturated heterocycles. The molecule has 1 unspecified atom stereocenters. The number of ether oxygens (including phenoxy) is 1. The molecule has 20 heavy (non-hydrogen) atoms. The highest BCUT2D eigenvalue weighted by molar-refractivity contribution is 7.89. The number of carboxylic acid groups (broad SMARTS) is 1. The lowest BCUT2D eigenvalue weighted by Crippen LogP contribution is -2.34. The van der Waals surface area contributed by atoms with Crippen molar-refractivity contribution in [3.8, 4) is 0 Å². The highest BCUT2D eigenvalue weighted by Gasteiger charge is 2.21. The van der Waals surface area contributed by atoms with E-state index < -0.39 is 22.1 Å². The Morgan fingerprint density at radius 1 is 1.55 bits per heavy atom. The van der Waals surface area contributed by atoms with Crippen molar-refractivity contribution in [1.82, 2.24) is 9.29 Å². The molecular formula is C11H18N2O6S. The number of rotatable bonds is 8. The predicted octanol–water partition coefficient (Wildman–Crippen LogP) is -0.508. The van der Waals surface area contributed by atoms with Gasteiger partial charge in [-0.2, -0.15) is 0 Å². The first-order valence-electron chi connectivity index (χ1n) is 5.92. The minimum atomic E-state index is -3.87. The van der Waals surface area contributed by atoms with Gasteiger partial charge in [-0.05, 0) is 13.0 Å². The molecule has 0 spiro atoms. The second-order valence-corrected chi connectivity index (χ2v) is 5.88. The normalized spacial score (nSPS) is 13.3. The van der Waals surface area contributed by atoms with Gasteiger partial charge in [0.1, 0.15) is 10.6 Å². The van der Waals surface area contributed by atoms with E-state index in [1.807, 2.05) is 0 Å². The van der Waals surface area contributed by atoms with Gasteiger partial charge < -0.3 is 19.5 Å². The summed E-state index contributed by atoms with van der Waals surface area (Å²) in [5.74, 6) is -1.20. The van der Waals surface area contributed by atoms with Crippen LogP contribution in [-0.4, -0.2) is 55.5 Å². The summed E-state index contributed by atoms with van der Waals surface area (Å²) in [6, 6.07) is 1.08. The number of aliphatic hydroxyl groups excluding tert-OH is 1. The zero-order valence-corrected chi connectivity index (χ0v) is 12.1. The number of carboxylic acids is 1. The average molecular weight is 306 g/mol. The minimum absolute atomic E-state index is 0.00112. The molecule has 0 radical (unpaired) electrons. The van der Waals surface area contributed by atoms with Gasteiger partial charge in [-0.3, -0.25) is 0 Å². The van der Waals surface area contributed by atoms with Crippen molar-refractivity contribution in [2.45, 2.75) is 24.5 Å². The maximum absolute atomic E-state index is 12.0. The van der Waals surface area contributed by atoms with E-state index in [1.54, 1.807) is 6.92 Å². The third-order valence-electron chi connectivity index (χ3n) is 2.61. The van der Waals surface area contributed by atoms with Crippen LogP contribution in [0.25, 0.3) is 0 Å². The van der Waals surface area contributed by atoms with Gasteiger partial charge in [0.05, 0.1) is 12.7 Å². The van der Waals surface area contributed by atoms with Gasteiger partial charge in [-0.1, -0.05) is 0 Å². The number of aromatic nitrogens is 1. The molecule has 8 nitrogen and oxygen atoms in total. The third-order valence-corrected chi connectivity index (χ3v) is 4.00. The summed E-state index contributed by atoms with van der Waals surface area (Å²) >= 11 is 0. The van der Waals surface area contributed by atoms with Crippen molar-refractivity contribution in [1.29, 1.82) is 0 Å². The molecule has 1 rings (SSSR count). The van der Waals surface area contributed by atoms with Gasteiger partial charge in [0, 0.05) is 26.4 Å². The molecule has 1 heterocycles. The van der Waals surface area contributed by atoms with E-state index in [4.69, 9.17) is 5.11 Å². The van der Waals surface area contributed by atoms with Crippen LogP contribution >= 0.6 is 0 Å². The number of nitrogens with zero attached hydrogens (tertiary/aromatic N) is 1. The van der Waals surface area contributed by atoms with E-state index in [2.05, 4.69) is 9.46 Å². The monoisotopic (exact) mass is 306 g/mol. The highest BCUT2D eigenvalue weighted by Crippen LogP contribution is 2.14. The third kappa shape index (κ3) is 4.04. The minimum Gasteiger partial charge on any atom is -0.477 e. The summed E-state index contributed by atoms with van der Waals surface area (Å²) in [4.78, 5) is 10.8. The van der Waals surface area contributed by atoms with Gasteiger partial charge in [0.15, 0.2) is 0 Å². The standard InChI is InChI=1S/C11H18N2O6S/c1-3-13-6-9(4-10(13)11(15)16)20(17,18)12-5-8(14)7-19-2/h4,6,8,12,14H,3,5,7H2,1-2H3,(H,15,16). The molecule has 0 aliphatic carbocycles. The second kappa shape index (κ2) is 6.84. The largest absolute Gasteiger partial charge is 0.477 e. The van der Waals surface area contributed by atoms with Crippen LogP contribution < -0.4 is 4.72 Å². The number of hydrogen-bond donors (Lipinski definition) is 3. The molecule has 0 aliphatic rings. The fraction of sp³-hybridized carbons (Fsp3) is 0.545. The van der Waals surface area contributed by atoms with Crippen LogP contribution in [0.1, 0.15) is 17.4 Å². The van der Waals surface area contributed by atoms with E-state index in [9.17, 15) is 18.3 Å². The maximum Gasteiger partial charge on any atom is 0.352 e. The van der Waals surface area contributed by atoms with Gasteiger partial charge in [-0.15, -0.1) is 0 Å². The number of hydrogen-bond acceptors (Lipinski definition) is 5. The molecule has 114 valence electrons. The van der Waals surface area contributed by atoms with E-state index in [0.717, 1.165) is 6.07 Å². The molecule has 0 aliphatic heterocycles. The number of methoxy groups -OCH3 is 1. The summed E-state index contributed by atoms with van der Waals surface area (Å²) in [6.07, 6.45) is 0.274. The van der Waals surface area contributed by atoms with Gasteiger partial charge >= 0.3 is 5.97 Å². The summed E-state index contributed by atoms with van der Waals surface area (Å²) < 4.78 is 32.2. The zero-order valence-electron chi connectivity index (χ0n) is 11.2. The van der Waals surface area contributed by atoms with Gasteiger partial charge in [0.25, 0.3) is 0 Å². The molecule has 3 N–H and O–H groups in total. The maximum atomic E-state index is 12.0. The van der Waals surface area contributed by atoms with Crippen LogP contribution in [-0.2, 0) is 21.3 Å². The Balaban J connectivity index is 2.90. The van der Waals surface area contributed by atoms with Crippen molar-refractivity contribution >= 4 is 16.0 Å². The number of aliphatic hydroxyl groups is 1. The smallest absolute Gasteiger partial charge is 0.352 e. The number of aryl methyl sites for hydroxylation is 1. The number of sulfonamides is 1. The first kappa shape index (κ1) is 16.6. The van der Waals surface area contributed by atoms with E-state index >= 15 is 0 Å². The number of aromatic carboxylic acids is 1. The van der Waals surface area contributed by atoms with Crippen molar-refractivity contribution in [2.24, 2.45) is 0 Å². The Morgan fingerprint density at radius 3 is 2.65 bits per heavy atom. The summed E-state index contributed by atoms with van der Waals surface area (Å²) in [7, 11) is -2.48. The first-order chi connectivity index (χ1) is 9.31. The SMILES string of the molecule is CCn1cc(S(=O)(=O)NCC(O)COC)cc1C(=O)O. The van der Waals surface area contributed by atoms with Crippen molar-refractivity contribution < 1.29 is 28.2 Å². The van der Waals surface area contributed by atoms with Crippen LogP contribution in [0.15, 0.2) is 17.2 Å². The van der Waals surface area contributed by atoms with E-state index in [-0.39, 0.29) is 23.7 Å². The molecule has 0 bridgehead atoms. The molecule has 9 heteroatoms. The molecule has 1 atom stereocenters. The quantitative estimate of drug-likeness (QED) is 0.595. The molecule has 1 aromatic heterocycles. The summed E-state index contributed by atoms with van der Waals surface area (Å²) in [6.45, 7) is 1.83. The lowest BCUT2D eigenvalue weighted by atomic mass is 10.4. The molecular weight excluding hydrogens is 288 g/mol. The molecule has 0 fully saturated rings. The molecule has 0 saturated carbocycles. The topological polar surface area (TPSA) is 118 Å². The number of carbonyl (C=O) groups is 1. The number of nitrogens with one attached hydrogen (secondary N) is 1. The summed E-state index contributed by atoms with van der Waals surface area (Å²) in [5.41, 5.74) is -0.106. The van der Waals surface area contributed by atoms with Crippen LogP contribution in [0.3, 0.4) is 0 Å². The molecule has 0 amide bonds. The van der Waals surface area contributed by atoms with E-state index in [1.165, 1.54) is 17.9 Å². The first-order valence-corrected chi connectivity index (χ1v) is 7.40. The predicted molar refractivity (Wildman–Crippen MR) is 70.1 cm³/mol. The van der Waals surface area contributed by atoms with E-state index in [0.29, 0.717) is 6.54 Å². The Labute approximate surface area is 117 Å². The molecule has 0 aromatic carbocycles. The van der Waals surface area contributed by atoms with Gasteiger partial charge in [-0.25, -0.2) is 17.9 Å². The fourth-order valence-electron chi connectivity index (χ4n) is 1.61. The zero-order chi connectivity index (χ0) is 15.3. The van der Waals surface area contributed by atoms with Gasteiger partial charge in [0.2, 0.25) is 10.0 Å². The average Bonchev–Trinajstić information content (AvgIpc) is 2.82. The van der Waals surface area contributed by atoms with Crippen molar-refractivity contribution in [3.63, 3.8) is 0 Å². The Morgan fingerprint density at radius 2 is 2.20 bits per heavy atom. The molecule has 1 aromatic rings. The van der Waals surface area contributed by atoms with Crippen LogP contribution in [0.5, 0.6) is 0 Å². The van der Waals surface area contributed by atoms with Crippen molar-refractivity contribution in [3.05, 3.63) is 18.0 Å². The van der Waals surface area contributed by atoms with Crippen LogP contribution in [0, 0.1) is 0 Å². The lowest BCUT2D eigenvalue weighted by molar-refractivity contribution is 0.0678. The Bertz CT molecular complexity index is 565. The Hall–Kier alpha value is -1.42. The van der Waals surface area contributed by atoms with Crippen LogP contribution in [0.2, 0.25) is 0 Å². The second-order valence-electron chi connectivity index (χ2n) is 4.11. The van der Waals surface area contributed by atoms with Crippen molar-refractivity contribution in [2.75, 3.05) is 20.3 Å². The Kier molecular flexibility index (Phi) is 5.69. The summed E-state index contributed by atoms with van der Waals surface area (Å²) in [5, 5.41) is 18.4.